The summed E-state index contributed by atoms with van der Waals surface area (Å²) in [6.07, 6.45) is 0.674. The molecule has 1 aliphatic heterocycles. The van der Waals surface area contributed by atoms with Crippen LogP contribution in [0.1, 0.15) is 27.2 Å². The minimum absolute atomic E-state index is 0.0916. The minimum atomic E-state index is -0.0916. The Labute approximate surface area is 165 Å². The third-order valence-electron chi connectivity index (χ3n) is 5.30. The van der Waals surface area contributed by atoms with Crippen molar-refractivity contribution in [1.82, 2.24) is 10.2 Å². The van der Waals surface area contributed by atoms with Crippen LogP contribution in [0, 0.1) is 6.92 Å². The molecule has 0 bridgehead atoms. The first-order valence-electron chi connectivity index (χ1n) is 9.82. The first kappa shape index (κ1) is 18.6. The summed E-state index contributed by atoms with van der Waals surface area (Å²) in [5, 5.41) is 4.44. The second-order valence-electron chi connectivity index (χ2n) is 7.67. The van der Waals surface area contributed by atoms with Gasteiger partial charge in [-0.2, -0.15) is 0 Å². The normalized spacial score (nSPS) is 14.5. The number of aryl methyl sites for hydroxylation is 1. The summed E-state index contributed by atoms with van der Waals surface area (Å²) in [4.78, 5) is 16.8. The lowest BCUT2D eigenvalue weighted by molar-refractivity contribution is 0.0798. The summed E-state index contributed by atoms with van der Waals surface area (Å²) in [7, 11) is 3.54. The molecule has 1 amide bonds. The Bertz CT molecular complexity index is 986. The van der Waals surface area contributed by atoms with Crippen molar-refractivity contribution in [3.8, 4) is 0 Å². The zero-order valence-corrected chi connectivity index (χ0v) is 16.8. The van der Waals surface area contributed by atoms with Crippen molar-refractivity contribution in [3.05, 3.63) is 64.9 Å². The quantitative estimate of drug-likeness (QED) is 0.757. The molecule has 2 aromatic carbocycles. The van der Waals surface area contributed by atoms with Gasteiger partial charge in [-0.25, -0.2) is 0 Å². The van der Waals surface area contributed by atoms with Crippen molar-refractivity contribution in [2.75, 3.05) is 45.2 Å². The van der Waals surface area contributed by atoms with Gasteiger partial charge in [-0.1, -0.05) is 30.3 Å². The van der Waals surface area contributed by atoms with E-state index < -0.39 is 0 Å². The molecule has 0 atom stereocenters. The monoisotopic (exact) mass is 377 g/mol. The number of benzene rings is 2. The van der Waals surface area contributed by atoms with Gasteiger partial charge in [-0.15, -0.1) is 0 Å². The lowest BCUT2D eigenvalue weighted by Gasteiger charge is -2.29. The van der Waals surface area contributed by atoms with Crippen molar-refractivity contribution < 1.29 is 9.21 Å². The van der Waals surface area contributed by atoms with Crippen LogP contribution in [0.4, 0.5) is 5.69 Å². The van der Waals surface area contributed by atoms with Crippen molar-refractivity contribution in [2.24, 2.45) is 0 Å². The van der Waals surface area contributed by atoms with Gasteiger partial charge in [0.2, 0.25) is 0 Å². The molecule has 0 spiro atoms. The smallest absolute Gasteiger partial charge is 0.289 e. The van der Waals surface area contributed by atoms with Crippen LogP contribution in [-0.4, -0.2) is 51.1 Å². The minimum Gasteiger partial charge on any atom is -0.448 e. The van der Waals surface area contributed by atoms with Gasteiger partial charge in [-0.3, -0.25) is 4.79 Å². The van der Waals surface area contributed by atoms with E-state index in [2.05, 4.69) is 41.4 Å². The van der Waals surface area contributed by atoms with E-state index in [-0.39, 0.29) is 5.91 Å². The summed E-state index contributed by atoms with van der Waals surface area (Å²) in [5.41, 5.74) is 5.23. The molecule has 5 nitrogen and oxygen atoms in total. The predicted molar refractivity (Wildman–Crippen MR) is 113 cm³/mol. The summed E-state index contributed by atoms with van der Waals surface area (Å²) >= 11 is 0. The molecule has 1 saturated heterocycles. The molecule has 146 valence electrons. The Kier molecular flexibility index (Phi) is 5.09. The van der Waals surface area contributed by atoms with E-state index in [1.54, 1.807) is 19.0 Å². The number of hydrogen-bond acceptors (Lipinski definition) is 4. The zero-order valence-electron chi connectivity index (χ0n) is 16.8. The van der Waals surface area contributed by atoms with E-state index >= 15 is 0 Å². The van der Waals surface area contributed by atoms with Crippen LogP contribution in [0.25, 0.3) is 11.0 Å². The highest BCUT2D eigenvalue weighted by Gasteiger charge is 2.25. The molecule has 0 saturated carbocycles. The SMILES string of the molecule is Cc1cc(N2CCNCC2)c2oc(C(=O)N(C)C)c(Cc3ccccc3)c2c1. The van der Waals surface area contributed by atoms with Gasteiger partial charge in [-0.05, 0) is 30.2 Å². The molecular formula is C23H27N3O2. The van der Waals surface area contributed by atoms with Crippen molar-refractivity contribution in [1.29, 1.82) is 0 Å². The number of fused-ring (bicyclic) bond motifs is 1. The molecule has 5 heteroatoms. The number of nitrogens with zero attached hydrogens (tertiary/aromatic N) is 2. The number of amides is 1. The molecule has 28 heavy (non-hydrogen) atoms. The van der Waals surface area contributed by atoms with E-state index in [4.69, 9.17) is 4.42 Å². The second kappa shape index (κ2) is 7.68. The van der Waals surface area contributed by atoms with Gasteiger partial charge >= 0.3 is 0 Å². The lowest BCUT2D eigenvalue weighted by Crippen LogP contribution is -2.43. The Balaban J connectivity index is 1.90. The van der Waals surface area contributed by atoms with Crippen LogP contribution in [0.5, 0.6) is 0 Å². The fourth-order valence-electron chi connectivity index (χ4n) is 3.86. The Hall–Kier alpha value is -2.79. The largest absolute Gasteiger partial charge is 0.448 e. The molecule has 4 rings (SSSR count). The standard InChI is InChI=1S/C23H27N3O2/c1-16-13-18-19(15-17-7-5-4-6-8-17)22(23(27)25(2)3)28-21(18)20(14-16)26-11-9-24-10-12-26/h4-8,13-14,24H,9-12,15H2,1-3H3. The van der Waals surface area contributed by atoms with Crippen LogP contribution >= 0.6 is 0 Å². The maximum Gasteiger partial charge on any atom is 0.289 e. The molecule has 1 aliphatic rings. The molecule has 1 fully saturated rings. The molecule has 0 aliphatic carbocycles. The topological polar surface area (TPSA) is 48.7 Å². The number of carbonyl (C=O) groups excluding carboxylic acids is 1. The number of carbonyl (C=O) groups is 1. The van der Waals surface area contributed by atoms with Crippen LogP contribution in [0.2, 0.25) is 0 Å². The average molecular weight is 377 g/mol. The third-order valence-corrected chi connectivity index (χ3v) is 5.30. The van der Waals surface area contributed by atoms with Gasteiger partial charge in [0.15, 0.2) is 11.3 Å². The van der Waals surface area contributed by atoms with Gasteiger partial charge in [0, 0.05) is 57.6 Å². The summed E-state index contributed by atoms with van der Waals surface area (Å²) in [5.74, 6) is 0.358. The molecule has 1 N–H and O–H groups in total. The Morgan fingerprint density at radius 2 is 1.86 bits per heavy atom. The fraction of sp³-hybridized carbons (Fsp3) is 0.348. The molecule has 2 heterocycles. The second-order valence-corrected chi connectivity index (χ2v) is 7.67. The molecule has 0 radical (unpaired) electrons. The van der Waals surface area contributed by atoms with Crippen LogP contribution in [-0.2, 0) is 6.42 Å². The number of furan rings is 1. The van der Waals surface area contributed by atoms with Gasteiger partial charge in [0.05, 0.1) is 5.69 Å². The number of nitrogens with one attached hydrogen (secondary N) is 1. The van der Waals surface area contributed by atoms with Gasteiger partial charge in [0.25, 0.3) is 5.91 Å². The van der Waals surface area contributed by atoms with E-state index in [1.807, 2.05) is 18.2 Å². The maximum atomic E-state index is 12.9. The number of anilines is 1. The maximum absolute atomic E-state index is 12.9. The van der Waals surface area contributed by atoms with Gasteiger partial charge < -0.3 is 19.5 Å². The van der Waals surface area contributed by atoms with Crippen molar-refractivity contribution in [3.63, 3.8) is 0 Å². The lowest BCUT2D eigenvalue weighted by atomic mass is 9.99. The third kappa shape index (κ3) is 3.50. The van der Waals surface area contributed by atoms with E-state index in [1.165, 1.54) is 11.1 Å². The van der Waals surface area contributed by atoms with Crippen LogP contribution < -0.4 is 10.2 Å². The number of piperazine rings is 1. The van der Waals surface area contributed by atoms with Crippen LogP contribution in [0.3, 0.4) is 0 Å². The van der Waals surface area contributed by atoms with Crippen molar-refractivity contribution in [2.45, 2.75) is 13.3 Å². The Morgan fingerprint density at radius 3 is 2.54 bits per heavy atom. The van der Waals surface area contributed by atoms with E-state index in [0.29, 0.717) is 12.2 Å². The summed E-state index contributed by atoms with van der Waals surface area (Å²) in [6.45, 7) is 5.89. The number of hydrogen-bond donors (Lipinski definition) is 1. The van der Waals surface area contributed by atoms with Crippen LogP contribution in [0.15, 0.2) is 46.9 Å². The summed E-state index contributed by atoms with van der Waals surface area (Å²) < 4.78 is 6.28. The zero-order chi connectivity index (χ0) is 19.7. The number of rotatable bonds is 4. The molecular weight excluding hydrogens is 350 g/mol. The van der Waals surface area contributed by atoms with E-state index in [9.17, 15) is 4.79 Å². The first-order chi connectivity index (χ1) is 13.5. The predicted octanol–water partition coefficient (Wildman–Crippen LogP) is 3.44. The first-order valence-corrected chi connectivity index (χ1v) is 9.82. The average Bonchev–Trinajstić information content (AvgIpc) is 3.06. The summed E-state index contributed by atoms with van der Waals surface area (Å²) in [6, 6.07) is 14.6. The molecule has 3 aromatic rings. The molecule has 0 unspecified atom stereocenters. The van der Waals surface area contributed by atoms with E-state index in [0.717, 1.165) is 48.4 Å². The molecule has 1 aromatic heterocycles. The highest BCUT2D eigenvalue weighted by Crippen LogP contribution is 2.36. The highest BCUT2D eigenvalue weighted by atomic mass is 16.3. The fourth-order valence-corrected chi connectivity index (χ4v) is 3.86. The Morgan fingerprint density at radius 1 is 1.14 bits per heavy atom. The highest BCUT2D eigenvalue weighted by molar-refractivity contribution is 6.02. The van der Waals surface area contributed by atoms with Gasteiger partial charge in [0.1, 0.15) is 0 Å². The van der Waals surface area contributed by atoms with Crippen molar-refractivity contribution >= 4 is 22.6 Å².